The summed E-state index contributed by atoms with van der Waals surface area (Å²) in [4.78, 5) is 17.7. The van der Waals surface area contributed by atoms with Crippen molar-refractivity contribution in [2.45, 2.75) is 18.9 Å². The van der Waals surface area contributed by atoms with Gasteiger partial charge in [0.2, 0.25) is 0 Å². The van der Waals surface area contributed by atoms with Crippen molar-refractivity contribution in [3.05, 3.63) is 22.3 Å². The summed E-state index contributed by atoms with van der Waals surface area (Å²) >= 11 is 11.7. The van der Waals surface area contributed by atoms with Crippen LogP contribution in [0.4, 0.5) is 10.6 Å². The number of pyridine rings is 1. The molecule has 1 heterocycles. The van der Waals surface area contributed by atoms with Gasteiger partial charge in [0.05, 0.1) is 16.7 Å². The first kappa shape index (κ1) is 16.1. The van der Waals surface area contributed by atoms with Crippen LogP contribution >= 0.6 is 23.2 Å². The molecule has 0 spiro atoms. The number of urea groups is 1. The van der Waals surface area contributed by atoms with Crippen molar-refractivity contribution < 1.29 is 9.90 Å². The van der Waals surface area contributed by atoms with Crippen molar-refractivity contribution in [1.82, 2.24) is 15.2 Å². The van der Waals surface area contributed by atoms with Gasteiger partial charge in [0.25, 0.3) is 0 Å². The topological polar surface area (TPSA) is 77.5 Å². The second-order valence-corrected chi connectivity index (χ2v) is 5.63. The Labute approximate surface area is 133 Å². The number of carbonyl (C=O) groups excluding carboxylic acids is 1. The molecule has 2 rings (SSSR count). The molecule has 0 atom stereocenters. The Hall–Kier alpha value is -1.24. The molecular formula is C13H18Cl2N4O2. The number of nitrogens with zero attached hydrogens (tertiary/aromatic N) is 2. The third kappa shape index (κ3) is 4.91. The molecule has 8 heteroatoms. The van der Waals surface area contributed by atoms with Gasteiger partial charge in [-0.1, -0.05) is 23.2 Å². The van der Waals surface area contributed by atoms with Gasteiger partial charge in [-0.05, 0) is 18.9 Å². The highest BCUT2D eigenvalue weighted by Crippen LogP contribution is 2.26. The van der Waals surface area contributed by atoms with E-state index in [0.29, 0.717) is 35.5 Å². The molecule has 1 aromatic heterocycles. The van der Waals surface area contributed by atoms with Crippen LogP contribution in [-0.4, -0.2) is 53.3 Å². The highest BCUT2D eigenvalue weighted by Gasteiger charge is 2.31. The first-order valence-electron chi connectivity index (χ1n) is 6.82. The average molecular weight is 333 g/mol. The molecule has 0 aliphatic heterocycles. The number of aliphatic hydroxyl groups excluding tert-OH is 1. The molecule has 1 aromatic rings. The van der Waals surface area contributed by atoms with Crippen molar-refractivity contribution in [3.63, 3.8) is 0 Å². The third-order valence-electron chi connectivity index (χ3n) is 3.09. The highest BCUT2D eigenvalue weighted by molar-refractivity contribution is 6.35. The molecule has 21 heavy (non-hydrogen) atoms. The summed E-state index contributed by atoms with van der Waals surface area (Å²) in [5.74, 6) is 0.532. The number of rotatable bonds is 7. The van der Waals surface area contributed by atoms with Crippen molar-refractivity contribution in [2.75, 3.05) is 31.6 Å². The van der Waals surface area contributed by atoms with Gasteiger partial charge in [0, 0.05) is 31.9 Å². The molecule has 1 aliphatic rings. The predicted molar refractivity (Wildman–Crippen MR) is 83.0 cm³/mol. The largest absolute Gasteiger partial charge is 0.395 e. The fourth-order valence-electron chi connectivity index (χ4n) is 1.94. The van der Waals surface area contributed by atoms with Crippen LogP contribution in [0.25, 0.3) is 0 Å². The lowest BCUT2D eigenvalue weighted by Gasteiger charge is -2.21. The lowest BCUT2D eigenvalue weighted by Crippen LogP contribution is -2.44. The summed E-state index contributed by atoms with van der Waals surface area (Å²) in [6.07, 6.45) is 3.52. The van der Waals surface area contributed by atoms with Crippen LogP contribution in [0.2, 0.25) is 10.0 Å². The Morgan fingerprint density at radius 1 is 1.43 bits per heavy atom. The zero-order chi connectivity index (χ0) is 15.2. The summed E-state index contributed by atoms with van der Waals surface area (Å²) in [7, 11) is 0. The zero-order valence-electron chi connectivity index (χ0n) is 11.5. The van der Waals surface area contributed by atoms with Gasteiger partial charge in [-0.2, -0.15) is 0 Å². The van der Waals surface area contributed by atoms with E-state index in [2.05, 4.69) is 15.6 Å². The first-order valence-corrected chi connectivity index (χ1v) is 7.57. The maximum atomic E-state index is 12.0. The molecule has 3 N–H and O–H groups in total. The summed E-state index contributed by atoms with van der Waals surface area (Å²) in [6, 6.07) is 1.73. The standard InChI is InChI=1S/C13H18Cl2N4O2/c14-9-7-11(15)12(18-8-9)16-3-4-17-13(21)19(5-6-20)10-1-2-10/h7-8,10,20H,1-6H2,(H,16,18)(H,17,21). The Morgan fingerprint density at radius 2 is 2.19 bits per heavy atom. The molecule has 1 aliphatic carbocycles. The van der Waals surface area contributed by atoms with Crippen LogP contribution in [0.5, 0.6) is 0 Å². The number of hydrogen-bond donors (Lipinski definition) is 3. The van der Waals surface area contributed by atoms with Gasteiger partial charge in [-0.3, -0.25) is 0 Å². The van der Waals surface area contributed by atoms with Crippen LogP contribution < -0.4 is 10.6 Å². The monoisotopic (exact) mass is 332 g/mol. The minimum absolute atomic E-state index is 0.0214. The van der Waals surface area contributed by atoms with Gasteiger partial charge >= 0.3 is 6.03 Å². The molecule has 1 fully saturated rings. The van der Waals surface area contributed by atoms with E-state index >= 15 is 0 Å². The smallest absolute Gasteiger partial charge is 0.317 e. The van der Waals surface area contributed by atoms with E-state index in [1.54, 1.807) is 11.0 Å². The number of anilines is 1. The van der Waals surface area contributed by atoms with Crippen molar-refractivity contribution in [3.8, 4) is 0 Å². The van der Waals surface area contributed by atoms with Gasteiger partial charge in [-0.15, -0.1) is 0 Å². The van der Waals surface area contributed by atoms with E-state index in [9.17, 15) is 4.79 Å². The first-order chi connectivity index (χ1) is 10.1. The van der Waals surface area contributed by atoms with Gasteiger partial charge in [0.1, 0.15) is 5.82 Å². The lowest BCUT2D eigenvalue weighted by molar-refractivity contribution is 0.174. The normalized spacial score (nSPS) is 13.9. The second-order valence-electron chi connectivity index (χ2n) is 4.79. The molecule has 0 bridgehead atoms. The van der Waals surface area contributed by atoms with Crippen LogP contribution in [0, 0.1) is 0 Å². The Balaban J connectivity index is 1.72. The number of aromatic nitrogens is 1. The minimum atomic E-state index is -0.150. The van der Waals surface area contributed by atoms with E-state index in [1.807, 2.05) is 0 Å². The quantitative estimate of drug-likeness (QED) is 0.667. The SMILES string of the molecule is O=C(NCCNc1ncc(Cl)cc1Cl)N(CCO)C1CC1. The van der Waals surface area contributed by atoms with Gasteiger partial charge in [-0.25, -0.2) is 9.78 Å². The second kappa shape index (κ2) is 7.68. The average Bonchev–Trinajstić information content (AvgIpc) is 3.27. The van der Waals surface area contributed by atoms with Crippen molar-refractivity contribution in [1.29, 1.82) is 0 Å². The molecule has 1 saturated carbocycles. The molecule has 0 unspecified atom stereocenters. The van der Waals surface area contributed by atoms with Crippen LogP contribution in [-0.2, 0) is 0 Å². The highest BCUT2D eigenvalue weighted by atomic mass is 35.5. The molecule has 6 nitrogen and oxygen atoms in total. The summed E-state index contributed by atoms with van der Waals surface area (Å²) in [6.45, 7) is 1.28. The van der Waals surface area contributed by atoms with Crippen LogP contribution in [0.3, 0.4) is 0 Å². The van der Waals surface area contributed by atoms with E-state index in [4.69, 9.17) is 28.3 Å². The Kier molecular flexibility index (Phi) is 5.90. The zero-order valence-corrected chi connectivity index (χ0v) is 13.0. The summed E-state index contributed by atoms with van der Waals surface area (Å²) in [5, 5.41) is 15.7. The van der Waals surface area contributed by atoms with Crippen molar-refractivity contribution in [2.24, 2.45) is 0 Å². The number of amides is 2. The van der Waals surface area contributed by atoms with E-state index in [-0.39, 0.29) is 18.7 Å². The minimum Gasteiger partial charge on any atom is -0.395 e. The summed E-state index contributed by atoms with van der Waals surface area (Å²) < 4.78 is 0. The molecular weight excluding hydrogens is 315 g/mol. The number of halogens is 2. The molecule has 0 radical (unpaired) electrons. The van der Waals surface area contributed by atoms with E-state index in [0.717, 1.165) is 12.8 Å². The number of aliphatic hydroxyl groups is 1. The third-order valence-corrected chi connectivity index (χ3v) is 3.59. The van der Waals surface area contributed by atoms with Gasteiger partial charge in [0.15, 0.2) is 0 Å². The predicted octanol–water partition coefficient (Wildman–Crippen LogP) is 1.97. The summed E-state index contributed by atoms with van der Waals surface area (Å²) in [5.41, 5.74) is 0. The number of hydrogen-bond acceptors (Lipinski definition) is 4. The molecule has 116 valence electrons. The Morgan fingerprint density at radius 3 is 2.81 bits per heavy atom. The fourth-order valence-corrected chi connectivity index (χ4v) is 2.39. The lowest BCUT2D eigenvalue weighted by atomic mass is 10.4. The molecule has 0 saturated heterocycles. The Bertz CT molecular complexity index is 497. The van der Waals surface area contributed by atoms with E-state index < -0.39 is 0 Å². The molecule has 0 aromatic carbocycles. The number of carbonyl (C=O) groups is 1. The number of nitrogens with one attached hydrogen (secondary N) is 2. The maximum absolute atomic E-state index is 12.0. The fraction of sp³-hybridized carbons (Fsp3) is 0.538. The molecule has 2 amide bonds. The van der Waals surface area contributed by atoms with E-state index in [1.165, 1.54) is 6.20 Å². The van der Waals surface area contributed by atoms with Crippen molar-refractivity contribution >= 4 is 35.1 Å². The van der Waals surface area contributed by atoms with Crippen LogP contribution in [0.15, 0.2) is 12.3 Å². The van der Waals surface area contributed by atoms with Crippen LogP contribution in [0.1, 0.15) is 12.8 Å². The maximum Gasteiger partial charge on any atom is 0.317 e. The van der Waals surface area contributed by atoms with Gasteiger partial charge < -0.3 is 20.6 Å².